The van der Waals surface area contributed by atoms with Crippen molar-refractivity contribution >= 4 is 17.3 Å². The number of hydrogen-bond acceptors (Lipinski definition) is 6. The van der Waals surface area contributed by atoms with Gasteiger partial charge in [-0.15, -0.1) is 0 Å². The van der Waals surface area contributed by atoms with Crippen LogP contribution >= 0.6 is 0 Å². The number of amides is 1. The van der Waals surface area contributed by atoms with Gasteiger partial charge in [0.1, 0.15) is 5.82 Å². The van der Waals surface area contributed by atoms with Gasteiger partial charge in [-0.25, -0.2) is 9.97 Å². The van der Waals surface area contributed by atoms with Crippen molar-refractivity contribution in [1.82, 2.24) is 19.9 Å². The van der Waals surface area contributed by atoms with Crippen molar-refractivity contribution in [2.75, 3.05) is 43.4 Å². The maximum Gasteiger partial charge on any atom is 0.418 e. The Hall–Kier alpha value is -4.31. The minimum absolute atomic E-state index is 0.250. The number of nitrogens with zero attached hydrogens (tertiary/aromatic N) is 5. The summed E-state index contributed by atoms with van der Waals surface area (Å²) in [6, 6.07) is 14.7. The number of aryl methyl sites for hydroxylation is 1. The van der Waals surface area contributed by atoms with Crippen molar-refractivity contribution < 1.29 is 18.0 Å². The Bertz CT molecular complexity index is 1500. The van der Waals surface area contributed by atoms with E-state index < -0.39 is 17.6 Å². The third kappa shape index (κ3) is 6.28. The Morgan fingerprint density at radius 1 is 1.00 bits per heavy atom. The lowest BCUT2D eigenvalue weighted by Crippen LogP contribution is -2.44. The molecule has 7 nitrogen and oxygen atoms in total. The van der Waals surface area contributed by atoms with Crippen LogP contribution < -0.4 is 10.2 Å². The lowest BCUT2D eigenvalue weighted by Gasteiger charge is -2.34. The molecule has 0 aliphatic carbocycles. The SMILES string of the molecule is Cc1ccc(C(=O)Nc2ccc(N3CCN(C)CC3)cc2C(F)(F)F)cc1Cc1nccc(-c2cccnc2)n1. The van der Waals surface area contributed by atoms with Gasteiger partial charge >= 0.3 is 6.18 Å². The number of piperazine rings is 1. The van der Waals surface area contributed by atoms with E-state index in [-0.39, 0.29) is 11.3 Å². The fraction of sp³-hybridized carbons (Fsp3) is 0.267. The number of halogens is 3. The molecule has 1 amide bonds. The highest BCUT2D eigenvalue weighted by atomic mass is 19.4. The molecule has 0 saturated carbocycles. The molecule has 0 atom stereocenters. The van der Waals surface area contributed by atoms with Gasteiger partial charge in [-0.2, -0.15) is 13.2 Å². The van der Waals surface area contributed by atoms with Crippen molar-refractivity contribution in [3.05, 3.63) is 101 Å². The van der Waals surface area contributed by atoms with Gasteiger partial charge in [-0.05, 0) is 73.6 Å². The van der Waals surface area contributed by atoms with Crippen LogP contribution in [0.4, 0.5) is 24.5 Å². The highest BCUT2D eigenvalue weighted by Gasteiger charge is 2.35. The van der Waals surface area contributed by atoms with Crippen LogP contribution in [0.2, 0.25) is 0 Å². The van der Waals surface area contributed by atoms with E-state index in [1.165, 1.54) is 6.07 Å². The van der Waals surface area contributed by atoms with Crippen LogP contribution in [0.5, 0.6) is 0 Å². The van der Waals surface area contributed by atoms with E-state index in [0.717, 1.165) is 41.5 Å². The number of carbonyl (C=O) groups is 1. The third-order valence-electron chi connectivity index (χ3n) is 7.05. The summed E-state index contributed by atoms with van der Waals surface area (Å²) in [7, 11) is 1.99. The minimum atomic E-state index is -4.62. The minimum Gasteiger partial charge on any atom is -0.369 e. The molecule has 1 fully saturated rings. The van der Waals surface area contributed by atoms with Gasteiger partial charge in [-0.1, -0.05) is 6.07 Å². The maximum absolute atomic E-state index is 14.0. The monoisotopic (exact) mass is 546 g/mol. The number of likely N-dealkylation sites (N-methyl/N-ethyl adjacent to an activating group) is 1. The molecule has 1 N–H and O–H groups in total. The fourth-order valence-corrected chi connectivity index (χ4v) is 4.66. The highest BCUT2D eigenvalue weighted by Crippen LogP contribution is 2.38. The van der Waals surface area contributed by atoms with E-state index in [0.29, 0.717) is 31.0 Å². The summed E-state index contributed by atoms with van der Waals surface area (Å²) in [5.41, 5.74) is 2.90. The van der Waals surface area contributed by atoms with Crippen molar-refractivity contribution in [2.24, 2.45) is 0 Å². The maximum atomic E-state index is 14.0. The average molecular weight is 547 g/mol. The number of nitrogens with one attached hydrogen (secondary N) is 1. The summed E-state index contributed by atoms with van der Waals surface area (Å²) >= 11 is 0. The Morgan fingerprint density at radius 3 is 2.52 bits per heavy atom. The first-order valence-corrected chi connectivity index (χ1v) is 13.0. The molecule has 2 aromatic heterocycles. The number of anilines is 2. The lowest BCUT2D eigenvalue weighted by molar-refractivity contribution is -0.136. The number of rotatable bonds is 6. The largest absolute Gasteiger partial charge is 0.418 e. The van der Waals surface area contributed by atoms with Gasteiger partial charge in [0.15, 0.2) is 0 Å². The van der Waals surface area contributed by atoms with E-state index in [1.807, 2.05) is 31.0 Å². The fourth-order valence-electron chi connectivity index (χ4n) is 4.66. The van der Waals surface area contributed by atoms with E-state index in [9.17, 15) is 18.0 Å². The second kappa shape index (κ2) is 11.4. The summed E-state index contributed by atoms with van der Waals surface area (Å²) < 4.78 is 42.1. The molecule has 5 rings (SSSR count). The third-order valence-corrected chi connectivity index (χ3v) is 7.05. The quantitative estimate of drug-likeness (QED) is 0.346. The number of carbonyl (C=O) groups excluding carboxylic acids is 1. The first-order valence-electron chi connectivity index (χ1n) is 13.0. The number of pyridine rings is 1. The van der Waals surface area contributed by atoms with Crippen molar-refractivity contribution in [1.29, 1.82) is 0 Å². The molecular weight excluding hydrogens is 517 g/mol. The van der Waals surface area contributed by atoms with Crippen LogP contribution in [0, 0.1) is 6.92 Å². The van der Waals surface area contributed by atoms with Crippen molar-refractivity contribution in [2.45, 2.75) is 19.5 Å². The van der Waals surface area contributed by atoms with Gasteiger partial charge in [-0.3, -0.25) is 9.78 Å². The van der Waals surface area contributed by atoms with E-state index >= 15 is 0 Å². The smallest absolute Gasteiger partial charge is 0.369 e. The molecule has 2 aromatic carbocycles. The van der Waals surface area contributed by atoms with E-state index in [1.54, 1.807) is 48.9 Å². The zero-order valence-electron chi connectivity index (χ0n) is 22.2. The first kappa shape index (κ1) is 27.3. The van der Waals surface area contributed by atoms with Gasteiger partial charge in [0.2, 0.25) is 0 Å². The van der Waals surface area contributed by atoms with Gasteiger partial charge in [0, 0.05) is 68.0 Å². The predicted molar refractivity (Wildman–Crippen MR) is 148 cm³/mol. The molecule has 0 radical (unpaired) electrons. The molecule has 206 valence electrons. The molecule has 1 aliphatic rings. The molecule has 0 bridgehead atoms. The second-order valence-corrected chi connectivity index (χ2v) is 9.89. The Morgan fingerprint density at radius 2 is 1.80 bits per heavy atom. The predicted octanol–water partition coefficient (Wildman–Crippen LogP) is 5.46. The molecular formula is C30H29F3N6O. The lowest BCUT2D eigenvalue weighted by atomic mass is 10.0. The average Bonchev–Trinajstić information content (AvgIpc) is 2.95. The highest BCUT2D eigenvalue weighted by molar-refractivity contribution is 6.05. The van der Waals surface area contributed by atoms with Gasteiger partial charge in [0.05, 0.1) is 16.9 Å². The zero-order chi connectivity index (χ0) is 28.3. The Balaban J connectivity index is 1.36. The van der Waals surface area contributed by atoms with E-state index in [4.69, 9.17) is 0 Å². The molecule has 4 aromatic rings. The number of benzene rings is 2. The normalized spacial score (nSPS) is 14.3. The zero-order valence-corrected chi connectivity index (χ0v) is 22.2. The van der Waals surface area contributed by atoms with Crippen LogP contribution in [0.25, 0.3) is 11.3 Å². The summed E-state index contributed by atoms with van der Waals surface area (Å²) in [5.74, 6) is -0.0648. The number of aromatic nitrogens is 3. The van der Waals surface area contributed by atoms with Crippen LogP contribution in [0.3, 0.4) is 0 Å². The Labute approximate surface area is 230 Å². The molecule has 1 aliphatic heterocycles. The molecule has 40 heavy (non-hydrogen) atoms. The molecule has 3 heterocycles. The van der Waals surface area contributed by atoms with Crippen molar-refractivity contribution in [3.8, 4) is 11.3 Å². The van der Waals surface area contributed by atoms with Crippen LogP contribution in [-0.4, -0.2) is 59.0 Å². The van der Waals surface area contributed by atoms with Crippen LogP contribution in [-0.2, 0) is 12.6 Å². The van der Waals surface area contributed by atoms with Gasteiger partial charge < -0.3 is 15.1 Å². The molecule has 10 heteroatoms. The van der Waals surface area contributed by atoms with E-state index in [2.05, 4.69) is 25.2 Å². The summed E-state index contributed by atoms with van der Waals surface area (Å²) in [5, 5.41) is 2.49. The summed E-state index contributed by atoms with van der Waals surface area (Å²) in [4.78, 5) is 30.3. The molecule has 0 unspecified atom stereocenters. The summed E-state index contributed by atoms with van der Waals surface area (Å²) in [6.45, 7) is 4.73. The summed E-state index contributed by atoms with van der Waals surface area (Å²) in [6.07, 6.45) is 0.802. The standard InChI is InChI=1S/C30H29F3N6O/c1-20-5-6-21(16-23(20)17-28-35-11-9-26(36-28)22-4-3-10-34-19-22)29(40)37-27-8-7-24(18-25(27)30(31,32)33)39-14-12-38(2)13-15-39/h3-11,16,18-19H,12-15,17H2,1-2H3,(H,37,40). The van der Waals surface area contributed by atoms with Crippen LogP contribution in [0.15, 0.2) is 73.2 Å². The Kier molecular flexibility index (Phi) is 7.79. The van der Waals surface area contributed by atoms with Crippen molar-refractivity contribution in [3.63, 3.8) is 0 Å². The topological polar surface area (TPSA) is 74.2 Å². The first-order chi connectivity index (χ1) is 19.2. The van der Waals surface area contributed by atoms with Crippen LogP contribution in [0.1, 0.15) is 32.9 Å². The number of alkyl halides is 3. The molecule has 0 spiro atoms. The number of hydrogen-bond donors (Lipinski definition) is 1. The second-order valence-electron chi connectivity index (χ2n) is 9.89. The molecule has 1 saturated heterocycles. The van der Waals surface area contributed by atoms with Gasteiger partial charge in [0.25, 0.3) is 5.91 Å².